The van der Waals surface area contributed by atoms with Crippen molar-refractivity contribution in [3.8, 4) is 0 Å². The lowest BCUT2D eigenvalue weighted by Gasteiger charge is -2.10. The highest BCUT2D eigenvalue weighted by Gasteiger charge is 2.09. The third kappa shape index (κ3) is 2.85. The fraction of sp³-hybridized carbons (Fsp3) is 0.105. The molecule has 0 fully saturated rings. The van der Waals surface area contributed by atoms with Crippen LogP contribution in [0, 0.1) is 6.92 Å². The minimum atomic E-state index is -0.149. The number of hydrogen-bond donors (Lipinski definition) is 2. The van der Waals surface area contributed by atoms with Gasteiger partial charge in [0.05, 0.1) is 6.61 Å². The van der Waals surface area contributed by atoms with Crippen molar-refractivity contribution in [2.75, 3.05) is 5.32 Å². The van der Waals surface area contributed by atoms with E-state index in [-0.39, 0.29) is 12.5 Å². The fourth-order valence-corrected chi connectivity index (χ4v) is 2.43. The molecule has 0 aliphatic carbocycles. The summed E-state index contributed by atoms with van der Waals surface area (Å²) in [4.78, 5) is 12.4. The molecule has 0 aliphatic heterocycles. The molecule has 0 spiro atoms. The average molecular weight is 291 g/mol. The maximum absolute atomic E-state index is 12.4. The first-order valence-electron chi connectivity index (χ1n) is 7.18. The zero-order chi connectivity index (χ0) is 15.5. The van der Waals surface area contributed by atoms with Crippen LogP contribution in [-0.2, 0) is 6.61 Å². The Balaban J connectivity index is 1.90. The molecule has 3 rings (SSSR count). The van der Waals surface area contributed by atoms with E-state index in [2.05, 4.69) is 5.32 Å². The molecule has 3 aromatic rings. The normalized spacial score (nSPS) is 10.6. The lowest BCUT2D eigenvalue weighted by atomic mass is 10.1. The summed E-state index contributed by atoms with van der Waals surface area (Å²) in [6, 6.07) is 19.1. The Morgan fingerprint density at radius 1 is 1.00 bits per heavy atom. The molecule has 1 amide bonds. The second kappa shape index (κ2) is 6.00. The Bertz CT molecular complexity index is 840. The molecule has 0 saturated heterocycles. The van der Waals surface area contributed by atoms with E-state index in [1.165, 1.54) is 0 Å². The van der Waals surface area contributed by atoms with E-state index in [1.54, 1.807) is 6.07 Å². The fourth-order valence-electron chi connectivity index (χ4n) is 2.43. The van der Waals surface area contributed by atoms with Crippen molar-refractivity contribution in [3.63, 3.8) is 0 Å². The van der Waals surface area contributed by atoms with E-state index in [4.69, 9.17) is 0 Å². The van der Waals surface area contributed by atoms with Gasteiger partial charge in [-0.2, -0.15) is 0 Å². The van der Waals surface area contributed by atoms with Crippen molar-refractivity contribution in [1.82, 2.24) is 0 Å². The van der Waals surface area contributed by atoms with Gasteiger partial charge in [0.2, 0.25) is 0 Å². The molecule has 3 aromatic carbocycles. The van der Waals surface area contributed by atoms with Gasteiger partial charge in [0, 0.05) is 11.3 Å². The first kappa shape index (κ1) is 14.3. The topological polar surface area (TPSA) is 49.3 Å². The molecule has 0 atom stereocenters. The molecule has 0 unspecified atom stereocenters. The molecule has 3 heteroatoms. The van der Waals surface area contributed by atoms with Crippen LogP contribution in [0.5, 0.6) is 0 Å². The van der Waals surface area contributed by atoms with E-state index in [0.29, 0.717) is 5.56 Å². The van der Waals surface area contributed by atoms with Crippen LogP contribution in [0.4, 0.5) is 5.69 Å². The van der Waals surface area contributed by atoms with E-state index in [9.17, 15) is 9.90 Å². The number of fused-ring (bicyclic) bond motifs is 1. The Kier molecular flexibility index (Phi) is 3.90. The molecular formula is C19H17NO2. The van der Waals surface area contributed by atoms with Crippen molar-refractivity contribution in [2.24, 2.45) is 0 Å². The van der Waals surface area contributed by atoms with Gasteiger partial charge in [-0.1, -0.05) is 42.5 Å². The summed E-state index contributed by atoms with van der Waals surface area (Å²) in [5.41, 5.74) is 3.09. The molecular weight excluding hydrogens is 274 g/mol. The van der Waals surface area contributed by atoms with E-state index in [0.717, 1.165) is 27.6 Å². The molecule has 0 aromatic heterocycles. The number of rotatable bonds is 3. The Labute approximate surface area is 129 Å². The molecule has 0 heterocycles. The van der Waals surface area contributed by atoms with Crippen LogP contribution in [-0.4, -0.2) is 11.0 Å². The first-order valence-corrected chi connectivity index (χ1v) is 7.18. The van der Waals surface area contributed by atoms with Crippen LogP contribution in [0.2, 0.25) is 0 Å². The van der Waals surface area contributed by atoms with Gasteiger partial charge in [-0.15, -0.1) is 0 Å². The van der Waals surface area contributed by atoms with Crippen LogP contribution in [0.15, 0.2) is 60.7 Å². The van der Waals surface area contributed by atoms with Gasteiger partial charge in [-0.05, 0) is 47.0 Å². The number of aryl methyl sites for hydroxylation is 1. The minimum absolute atomic E-state index is 0.0425. The van der Waals surface area contributed by atoms with Gasteiger partial charge < -0.3 is 10.4 Å². The van der Waals surface area contributed by atoms with Gasteiger partial charge >= 0.3 is 0 Å². The predicted molar refractivity (Wildman–Crippen MR) is 89.0 cm³/mol. The van der Waals surface area contributed by atoms with E-state index in [1.807, 2.05) is 61.5 Å². The van der Waals surface area contributed by atoms with E-state index < -0.39 is 0 Å². The first-order chi connectivity index (χ1) is 10.7. The number of aliphatic hydroxyl groups is 1. The molecule has 2 N–H and O–H groups in total. The number of hydrogen-bond acceptors (Lipinski definition) is 2. The van der Waals surface area contributed by atoms with Crippen LogP contribution in [0.1, 0.15) is 21.5 Å². The summed E-state index contributed by atoms with van der Waals surface area (Å²) in [6.45, 7) is 1.89. The molecule has 3 nitrogen and oxygen atoms in total. The summed E-state index contributed by atoms with van der Waals surface area (Å²) in [5.74, 6) is -0.149. The molecule has 0 aliphatic rings. The summed E-state index contributed by atoms with van der Waals surface area (Å²) >= 11 is 0. The van der Waals surface area contributed by atoms with Crippen molar-refractivity contribution in [1.29, 1.82) is 0 Å². The Morgan fingerprint density at radius 3 is 2.55 bits per heavy atom. The monoisotopic (exact) mass is 291 g/mol. The SMILES string of the molecule is Cc1ccc(CO)cc1NC(=O)c1ccc2ccccc2c1. The van der Waals surface area contributed by atoms with Crippen LogP contribution < -0.4 is 5.32 Å². The van der Waals surface area contributed by atoms with Crippen LogP contribution in [0.25, 0.3) is 10.8 Å². The highest BCUT2D eigenvalue weighted by molar-refractivity contribution is 6.06. The molecule has 0 bridgehead atoms. The summed E-state index contributed by atoms with van der Waals surface area (Å²) < 4.78 is 0. The number of aliphatic hydroxyl groups excluding tert-OH is 1. The van der Waals surface area contributed by atoms with Crippen molar-refractivity contribution in [2.45, 2.75) is 13.5 Å². The average Bonchev–Trinajstić information content (AvgIpc) is 2.56. The zero-order valence-corrected chi connectivity index (χ0v) is 12.3. The molecule has 22 heavy (non-hydrogen) atoms. The van der Waals surface area contributed by atoms with Crippen molar-refractivity contribution in [3.05, 3.63) is 77.4 Å². The Morgan fingerprint density at radius 2 is 1.77 bits per heavy atom. The number of nitrogens with one attached hydrogen (secondary N) is 1. The lowest BCUT2D eigenvalue weighted by molar-refractivity contribution is 0.102. The lowest BCUT2D eigenvalue weighted by Crippen LogP contribution is -2.13. The molecule has 110 valence electrons. The van der Waals surface area contributed by atoms with Gasteiger partial charge in [-0.3, -0.25) is 4.79 Å². The largest absolute Gasteiger partial charge is 0.392 e. The van der Waals surface area contributed by atoms with Crippen molar-refractivity contribution < 1.29 is 9.90 Å². The number of carbonyl (C=O) groups is 1. The third-order valence-corrected chi connectivity index (χ3v) is 3.74. The maximum Gasteiger partial charge on any atom is 0.255 e. The van der Waals surface area contributed by atoms with Gasteiger partial charge in [-0.25, -0.2) is 0 Å². The van der Waals surface area contributed by atoms with Crippen molar-refractivity contribution >= 4 is 22.4 Å². The summed E-state index contributed by atoms with van der Waals surface area (Å²) in [7, 11) is 0. The minimum Gasteiger partial charge on any atom is -0.392 e. The van der Waals surface area contributed by atoms with Gasteiger partial charge in [0.1, 0.15) is 0 Å². The molecule has 0 saturated carbocycles. The van der Waals surface area contributed by atoms with Crippen LogP contribution >= 0.6 is 0 Å². The number of anilines is 1. The highest BCUT2D eigenvalue weighted by Crippen LogP contribution is 2.20. The maximum atomic E-state index is 12.4. The van der Waals surface area contributed by atoms with Gasteiger partial charge in [0.15, 0.2) is 0 Å². The second-order valence-electron chi connectivity index (χ2n) is 5.32. The number of benzene rings is 3. The quantitative estimate of drug-likeness (QED) is 0.769. The molecule has 0 radical (unpaired) electrons. The summed E-state index contributed by atoms with van der Waals surface area (Å²) in [6.07, 6.45) is 0. The Hall–Kier alpha value is -2.65. The number of carbonyl (C=O) groups excluding carboxylic acids is 1. The second-order valence-corrected chi connectivity index (χ2v) is 5.32. The highest BCUT2D eigenvalue weighted by atomic mass is 16.3. The van der Waals surface area contributed by atoms with Crippen LogP contribution in [0.3, 0.4) is 0 Å². The summed E-state index contributed by atoms with van der Waals surface area (Å²) in [5, 5.41) is 14.3. The van der Waals surface area contributed by atoms with Gasteiger partial charge in [0.25, 0.3) is 5.91 Å². The standard InChI is InChI=1S/C19H17NO2/c1-13-6-7-14(12-21)10-18(13)20-19(22)17-9-8-15-4-2-3-5-16(15)11-17/h2-11,21H,12H2,1H3,(H,20,22). The zero-order valence-electron chi connectivity index (χ0n) is 12.3. The predicted octanol–water partition coefficient (Wildman–Crippen LogP) is 3.89. The third-order valence-electron chi connectivity index (χ3n) is 3.74. The number of amides is 1. The van der Waals surface area contributed by atoms with E-state index >= 15 is 0 Å². The smallest absolute Gasteiger partial charge is 0.255 e.